The summed E-state index contributed by atoms with van der Waals surface area (Å²) < 4.78 is 15.8. The Kier molecular flexibility index (Phi) is 15.6. The molecule has 0 aromatic heterocycles. The van der Waals surface area contributed by atoms with Crippen molar-refractivity contribution in [1.29, 1.82) is 0 Å². The molecule has 3 amide bonds. The van der Waals surface area contributed by atoms with Gasteiger partial charge in [0, 0.05) is 26.1 Å². The molecular weight excluding hydrogens is 542 g/mol. The van der Waals surface area contributed by atoms with Crippen LogP contribution in [-0.4, -0.2) is 71.6 Å². The van der Waals surface area contributed by atoms with Gasteiger partial charge in [-0.2, -0.15) is 0 Å². The number of nitrogens with one attached hydrogen (secondary N) is 2. The number of amides is 3. The molecule has 0 saturated carbocycles. The maximum atomic E-state index is 13.1. The van der Waals surface area contributed by atoms with Crippen LogP contribution in [0.2, 0.25) is 0 Å². The number of carbonyl (C=O) groups is 5. The number of rotatable bonds is 16. The van der Waals surface area contributed by atoms with Crippen molar-refractivity contribution in [3.8, 4) is 0 Å². The number of benzene rings is 1. The van der Waals surface area contributed by atoms with E-state index in [1.54, 1.807) is 41.5 Å². The van der Waals surface area contributed by atoms with Gasteiger partial charge >= 0.3 is 18.2 Å². The van der Waals surface area contributed by atoms with Crippen molar-refractivity contribution in [2.45, 2.75) is 111 Å². The Bertz CT molecular complexity index is 1020. The molecule has 11 heteroatoms. The fraction of sp³-hybridized carbons (Fsp3) is 0.645. The van der Waals surface area contributed by atoms with E-state index < -0.39 is 47.7 Å². The Labute approximate surface area is 250 Å². The highest BCUT2D eigenvalue weighted by Crippen LogP contribution is 2.11. The highest BCUT2D eigenvalue weighted by molar-refractivity contribution is 5.97. The van der Waals surface area contributed by atoms with Crippen LogP contribution in [0.4, 0.5) is 9.59 Å². The van der Waals surface area contributed by atoms with Crippen molar-refractivity contribution in [2.75, 3.05) is 19.6 Å². The van der Waals surface area contributed by atoms with Crippen LogP contribution < -0.4 is 10.6 Å². The quantitative estimate of drug-likeness (QED) is 0.120. The van der Waals surface area contributed by atoms with Gasteiger partial charge in [0.1, 0.15) is 24.2 Å². The van der Waals surface area contributed by atoms with Gasteiger partial charge in [-0.25, -0.2) is 9.59 Å². The smallest absolute Gasteiger partial charge is 0.410 e. The first kappa shape index (κ1) is 36.4. The maximum absolute atomic E-state index is 13.1. The molecule has 1 aromatic carbocycles. The molecule has 42 heavy (non-hydrogen) atoms. The molecule has 0 unspecified atom stereocenters. The number of carbonyl (C=O) groups excluding carboxylic acids is 5. The Hall–Kier alpha value is -3.63. The molecule has 0 aliphatic rings. The van der Waals surface area contributed by atoms with Crippen LogP contribution in [0.3, 0.4) is 0 Å². The Morgan fingerprint density at radius 1 is 0.881 bits per heavy atom. The topological polar surface area (TPSA) is 140 Å². The van der Waals surface area contributed by atoms with Crippen LogP contribution >= 0.6 is 0 Å². The third-order valence-electron chi connectivity index (χ3n) is 5.73. The molecule has 0 aliphatic carbocycles. The van der Waals surface area contributed by atoms with Crippen LogP contribution in [0.15, 0.2) is 30.3 Å². The lowest BCUT2D eigenvalue weighted by molar-refractivity contribution is -0.156. The van der Waals surface area contributed by atoms with E-state index in [9.17, 15) is 24.0 Å². The average Bonchev–Trinajstić information content (AvgIpc) is 2.87. The molecule has 0 spiro atoms. The molecule has 0 fully saturated rings. The molecular formula is C31H49N3O8. The van der Waals surface area contributed by atoms with E-state index in [4.69, 9.17) is 14.2 Å². The van der Waals surface area contributed by atoms with Crippen molar-refractivity contribution < 1.29 is 38.2 Å². The lowest BCUT2D eigenvalue weighted by Crippen LogP contribution is -2.42. The Balaban J connectivity index is 2.65. The number of alkyl carbamates (subject to hydrolysis) is 1. The first-order valence-corrected chi connectivity index (χ1v) is 14.6. The molecule has 236 valence electrons. The van der Waals surface area contributed by atoms with Crippen molar-refractivity contribution >= 4 is 29.8 Å². The van der Waals surface area contributed by atoms with Gasteiger partial charge in [0.2, 0.25) is 5.91 Å². The number of ether oxygens (including phenoxy) is 3. The molecule has 0 aliphatic heterocycles. The second-order valence-corrected chi connectivity index (χ2v) is 12.0. The van der Waals surface area contributed by atoms with Gasteiger partial charge in [-0.15, -0.1) is 0 Å². The first-order chi connectivity index (χ1) is 19.6. The molecule has 0 bridgehead atoms. The predicted octanol–water partition coefficient (Wildman–Crippen LogP) is 4.91. The number of hydrogen-bond acceptors (Lipinski definition) is 8. The highest BCUT2D eigenvalue weighted by Gasteiger charge is 2.24. The van der Waals surface area contributed by atoms with E-state index in [-0.39, 0.29) is 18.8 Å². The van der Waals surface area contributed by atoms with Crippen molar-refractivity contribution in [3.05, 3.63) is 35.9 Å². The van der Waals surface area contributed by atoms with Crippen LogP contribution in [0.25, 0.3) is 0 Å². The normalized spacial score (nSPS) is 12.1. The summed E-state index contributed by atoms with van der Waals surface area (Å²) in [6.45, 7) is 13.5. The minimum Gasteiger partial charge on any atom is -0.460 e. The molecule has 1 rings (SSSR count). The monoisotopic (exact) mass is 591 g/mol. The van der Waals surface area contributed by atoms with Crippen LogP contribution in [-0.2, 0) is 35.2 Å². The van der Waals surface area contributed by atoms with Gasteiger partial charge in [-0.05, 0) is 79.7 Å². The van der Waals surface area contributed by atoms with Crippen LogP contribution in [0.5, 0.6) is 0 Å². The lowest BCUT2D eigenvalue weighted by atomic mass is 10.0. The second-order valence-electron chi connectivity index (χ2n) is 12.0. The van der Waals surface area contributed by atoms with Crippen molar-refractivity contribution in [2.24, 2.45) is 0 Å². The van der Waals surface area contributed by atoms with E-state index >= 15 is 0 Å². The zero-order chi connectivity index (χ0) is 31.8. The molecule has 0 radical (unpaired) electrons. The first-order valence-electron chi connectivity index (χ1n) is 14.6. The fourth-order valence-corrected chi connectivity index (χ4v) is 3.85. The summed E-state index contributed by atoms with van der Waals surface area (Å²) in [5, 5.41) is 5.34. The van der Waals surface area contributed by atoms with Crippen LogP contribution in [0, 0.1) is 0 Å². The Morgan fingerprint density at radius 3 is 2.12 bits per heavy atom. The largest absolute Gasteiger partial charge is 0.460 e. The van der Waals surface area contributed by atoms with E-state index in [1.165, 1.54) is 4.90 Å². The zero-order valence-electron chi connectivity index (χ0n) is 26.2. The highest BCUT2D eigenvalue weighted by atomic mass is 16.6. The molecule has 0 heterocycles. The summed E-state index contributed by atoms with van der Waals surface area (Å²) in [6, 6.07) is 8.54. The minimum atomic E-state index is -0.818. The predicted molar refractivity (Wildman–Crippen MR) is 159 cm³/mol. The van der Waals surface area contributed by atoms with Gasteiger partial charge in [-0.3, -0.25) is 14.4 Å². The number of ketones is 1. The SMILES string of the molecule is CCN(CCCC(=O)[C@H](CCCCNC(=O)OC(C)(C)C)NC(=O)CC(=O)OC(C)(C)C)C(=O)OCc1ccccc1. The molecule has 2 N–H and O–H groups in total. The Morgan fingerprint density at radius 2 is 1.52 bits per heavy atom. The number of nitrogens with zero attached hydrogens (tertiary/aromatic N) is 1. The van der Waals surface area contributed by atoms with Gasteiger partial charge in [0.25, 0.3) is 0 Å². The average molecular weight is 592 g/mol. The van der Waals surface area contributed by atoms with E-state index in [1.807, 2.05) is 37.3 Å². The summed E-state index contributed by atoms with van der Waals surface area (Å²) in [5.74, 6) is -1.49. The lowest BCUT2D eigenvalue weighted by Gasteiger charge is -2.22. The summed E-state index contributed by atoms with van der Waals surface area (Å²) in [4.78, 5) is 63.7. The zero-order valence-corrected chi connectivity index (χ0v) is 26.2. The van der Waals surface area contributed by atoms with Gasteiger partial charge in [0.05, 0.1) is 6.04 Å². The molecule has 0 saturated heterocycles. The number of hydrogen-bond donors (Lipinski definition) is 2. The van der Waals surface area contributed by atoms with Crippen molar-refractivity contribution in [1.82, 2.24) is 15.5 Å². The van der Waals surface area contributed by atoms with Crippen molar-refractivity contribution in [3.63, 3.8) is 0 Å². The number of unbranched alkanes of at least 4 members (excludes halogenated alkanes) is 1. The van der Waals surface area contributed by atoms with Gasteiger partial charge < -0.3 is 29.7 Å². The summed E-state index contributed by atoms with van der Waals surface area (Å²) in [6.07, 6.45) is 0.427. The molecule has 1 atom stereocenters. The summed E-state index contributed by atoms with van der Waals surface area (Å²) in [7, 11) is 0. The van der Waals surface area contributed by atoms with E-state index in [2.05, 4.69) is 10.6 Å². The minimum absolute atomic E-state index is 0.121. The molecule has 1 aromatic rings. The fourth-order valence-electron chi connectivity index (χ4n) is 3.85. The third-order valence-corrected chi connectivity index (χ3v) is 5.73. The van der Waals surface area contributed by atoms with Gasteiger partial charge in [-0.1, -0.05) is 30.3 Å². The van der Waals surface area contributed by atoms with Gasteiger partial charge in [0.15, 0.2) is 5.78 Å². The second kappa shape index (κ2) is 18.0. The van der Waals surface area contributed by atoms with E-state index in [0.29, 0.717) is 45.3 Å². The standard InChI is InChI=1S/C31H49N3O8/c1-8-34(29(39)40-22-23-15-10-9-11-16-23)20-14-18-25(35)24(33-26(36)21-27(37)41-30(2,3)4)17-12-13-19-32-28(38)42-31(5,6)7/h9-11,15-16,24H,8,12-14,17-22H2,1-7H3,(H,32,38)(H,33,36)/t24-/m0/s1. The molecule has 11 nitrogen and oxygen atoms in total. The van der Waals surface area contributed by atoms with E-state index in [0.717, 1.165) is 5.56 Å². The summed E-state index contributed by atoms with van der Waals surface area (Å²) >= 11 is 0. The maximum Gasteiger partial charge on any atom is 0.410 e. The summed E-state index contributed by atoms with van der Waals surface area (Å²) in [5.41, 5.74) is -0.462. The number of Topliss-reactive ketones (excluding diaryl/α,β-unsaturated/α-hetero) is 1. The third kappa shape index (κ3) is 17.2. The number of esters is 1. The van der Waals surface area contributed by atoms with Crippen LogP contribution in [0.1, 0.15) is 92.6 Å².